The van der Waals surface area contributed by atoms with E-state index in [-0.39, 0.29) is 11.5 Å². The summed E-state index contributed by atoms with van der Waals surface area (Å²) in [7, 11) is -3.76. The van der Waals surface area contributed by atoms with Crippen LogP contribution in [0.3, 0.4) is 0 Å². The maximum absolute atomic E-state index is 12.3. The van der Waals surface area contributed by atoms with Crippen LogP contribution in [0, 0.1) is 0 Å². The molecule has 0 aliphatic carbocycles. The summed E-state index contributed by atoms with van der Waals surface area (Å²) in [6.45, 7) is 2.58. The quantitative estimate of drug-likeness (QED) is 0.466. The van der Waals surface area contributed by atoms with Crippen molar-refractivity contribution in [1.29, 1.82) is 0 Å². The molecule has 5 nitrogen and oxygen atoms in total. The van der Waals surface area contributed by atoms with Crippen LogP contribution in [0.25, 0.3) is 0 Å². The first kappa shape index (κ1) is 20.9. The molecule has 0 saturated carbocycles. The number of benzene rings is 3. The maximum atomic E-state index is 12.3. The van der Waals surface area contributed by atoms with Gasteiger partial charge in [0.25, 0.3) is 10.0 Å². The van der Waals surface area contributed by atoms with Crippen LogP contribution < -0.4 is 9.47 Å². The van der Waals surface area contributed by atoms with Crippen LogP contribution in [0.15, 0.2) is 82.1 Å². The van der Waals surface area contributed by atoms with Gasteiger partial charge in [-0.25, -0.2) is 0 Å². The van der Waals surface area contributed by atoms with Gasteiger partial charge in [-0.2, -0.15) is 12.8 Å². The van der Waals surface area contributed by atoms with Gasteiger partial charge in [0.2, 0.25) is 0 Å². The average molecular weight is 430 g/mol. The molecule has 0 bridgehead atoms. The number of rotatable bonds is 8. The minimum absolute atomic E-state index is 0.140. The Hall–Kier alpha value is -2.83. The zero-order valence-corrected chi connectivity index (χ0v) is 17.4. The first-order valence-electron chi connectivity index (χ1n) is 8.98. The fourth-order valence-electron chi connectivity index (χ4n) is 2.55. The van der Waals surface area contributed by atoms with E-state index in [1.165, 1.54) is 18.3 Å². The van der Waals surface area contributed by atoms with Crippen molar-refractivity contribution < 1.29 is 17.9 Å². The number of hydrogen-bond donors (Lipinski definition) is 0. The van der Waals surface area contributed by atoms with Gasteiger partial charge in [0.1, 0.15) is 6.61 Å². The van der Waals surface area contributed by atoms with Crippen molar-refractivity contribution in [2.45, 2.75) is 18.4 Å². The SMILES string of the molecule is CCOc1cc(/C=N\S(=O)(=O)c2ccccc2)ccc1OCc1ccccc1Cl. The van der Waals surface area contributed by atoms with Crippen LogP contribution in [0.1, 0.15) is 18.1 Å². The normalized spacial score (nSPS) is 11.5. The zero-order valence-electron chi connectivity index (χ0n) is 15.8. The molecule has 0 unspecified atom stereocenters. The molecule has 150 valence electrons. The van der Waals surface area contributed by atoms with E-state index in [0.717, 1.165) is 5.56 Å². The number of nitrogens with zero attached hydrogens (tertiary/aromatic N) is 1. The second-order valence-corrected chi connectivity index (χ2v) is 8.08. The van der Waals surface area contributed by atoms with Gasteiger partial charge in [-0.3, -0.25) is 0 Å². The van der Waals surface area contributed by atoms with Crippen molar-refractivity contribution in [2.75, 3.05) is 6.61 Å². The fourth-order valence-corrected chi connectivity index (χ4v) is 3.62. The summed E-state index contributed by atoms with van der Waals surface area (Å²) in [4.78, 5) is 0.140. The van der Waals surface area contributed by atoms with Crippen molar-refractivity contribution in [3.63, 3.8) is 0 Å². The first-order chi connectivity index (χ1) is 14.0. The maximum Gasteiger partial charge on any atom is 0.282 e. The highest BCUT2D eigenvalue weighted by molar-refractivity contribution is 7.90. The van der Waals surface area contributed by atoms with Crippen molar-refractivity contribution in [3.8, 4) is 11.5 Å². The highest BCUT2D eigenvalue weighted by Crippen LogP contribution is 2.29. The third kappa shape index (κ3) is 5.59. The van der Waals surface area contributed by atoms with E-state index in [9.17, 15) is 8.42 Å². The van der Waals surface area contributed by atoms with Crippen LogP contribution in [-0.4, -0.2) is 21.2 Å². The lowest BCUT2D eigenvalue weighted by Crippen LogP contribution is -2.01. The molecule has 0 N–H and O–H groups in total. The van der Waals surface area contributed by atoms with Gasteiger partial charge in [-0.05, 0) is 48.9 Å². The lowest BCUT2D eigenvalue weighted by molar-refractivity contribution is 0.269. The largest absolute Gasteiger partial charge is 0.490 e. The van der Waals surface area contributed by atoms with Crippen molar-refractivity contribution >= 4 is 27.8 Å². The molecule has 3 aromatic rings. The monoisotopic (exact) mass is 429 g/mol. The summed E-state index contributed by atoms with van der Waals surface area (Å²) in [6.07, 6.45) is 1.29. The van der Waals surface area contributed by atoms with Crippen LogP contribution in [-0.2, 0) is 16.6 Å². The van der Waals surface area contributed by atoms with Crippen LogP contribution >= 0.6 is 11.6 Å². The van der Waals surface area contributed by atoms with Gasteiger partial charge in [0, 0.05) is 16.8 Å². The minimum Gasteiger partial charge on any atom is -0.490 e. The summed E-state index contributed by atoms with van der Waals surface area (Å²) >= 11 is 6.17. The van der Waals surface area contributed by atoms with Crippen molar-refractivity contribution in [2.24, 2.45) is 4.40 Å². The summed E-state index contributed by atoms with van der Waals surface area (Å²) < 4.78 is 39.9. The Morgan fingerprint density at radius 1 is 0.931 bits per heavy atom. The highest BCUT2D eigenvalue weighted by atomic mass is 35.5. The Morgan fingerprint density at radius 3 is 2.38 bits per heavy atom. The van der Waals surface area contributed by atoms with Crippen molar-refractivity contribution in [3.05, 3.63) is 88.9 Å². The van der Waals surface area contributed by atoms with Gasteiger partial charge in [-0.1, -0.05) is 48.0 Å². The van der Waals surface area contributed by atoms with Gasteiger partial charge in [0.15, 0.2) is 11.5 Å². The highest BCUT2D eigenvalue weighted by Gasteiger charge is 2.12. The molecule has 0 spiro atoms. The number of sulfonamides is 1. The van der Waals surface area contributed by atoms with Crippen LogP contribution in [0.5, 0.6) is 11.5 Å². The molecule has 0 amide bonds. The summed E-state index contributed by atoms with van der Waals surface area (Å²) in [6, 6.07) is 20.6. The summed E-state index contributed by atoms with van der Waals surface area (Å²) in [5.74, 6) is 1.04. The molecule has 29 heavy (non-hydrogen) atoms. The molecular formula is C22H20ClNO4S. The molecule has 3 aromatic carbocycles. The second kappa shape index (κ2) is 9.58. The number of ether oxygens (including phenoxy) is 2. The van der Waals surface area contributed by atoms with E-state index >= 15 is 0 Å². The second-order valence-electron chi connectivity index (χ2n) is 6.04. The molecule has 0 aliphatic heterocycles. The van der Waals surface area contributed by atoms with E-state index in [1.807, 2.05) is 25.1 Å². The Balaban J connectivity index is 1.79. The molecule has 0 aliphatic rings. The molecular weight excluding hydrogens is 410 g/mol. The molecule has 0 fully saturated rings. The third-order valence-electron chi connectivity index (χ3n) is 3.99. The van der Waals surface area contributed by atoms with Gasteiger partial charge in [0.05, 0.1) is 11.5 Å². The average Bonchev–Trinajstić information content (AvgIpc) is 2.73. The molecule has 7 heteroatoms. The fraction of sp³-hybridized carbons (Fsp3) is 0.136. The molecule has 0 saturated heterocycles. The molecule has 0 aromatic heterocycles. The minimum atomic E-state index is -3.76. The zero-order chi connectivity index (χ0) is 20.7. The summed E-state index contributed by atoms with van der Waals surface area (Å²) in [5, 5.41) is 0.625. The van der Waals surface area contributed by atoms with E-state index in [4.69, 9.17) is 21.1 Å². The third-order valence-corrected chi connectivity index (χ3v) is 5.61. The standard InChI is InChI=1S/C22H20ClNO4S/c1-2-27-22-14-17(15-24-29(25,26)19-9-4-3-5-10-19)12-13-21(22)28-16-18-8-6-7-11-20(18)23/h3-15H,2,16H2,1H3/b24-15-. The lowest BCUT2D eigenvalue weighted by Gasteiger charge is -2.13. The lowest BCUT2D eigenvalue weighted by atomic mass is 10.2. The van der Waals surface area contributed by atoms with E-state index < -0.39 is 10.0 Å². The van der Waals surface area contributed by atoms with E-state index in [2.05, 4.69) is 4.40 Å². The Bertz CT molecular complexity index is 1100. The Morgan fingerprint density at radius 2 is 1.66 bits per heavy atom. The Labute approximate surface area is 175 Å². The van der Waals surface area contributed by atoms with Crippen molar-refractivity contribution in [1.82, 2.24) is 0 Å². The topological polar surface area (TPSA) is 65.0 Å². The van der Waals surface area contributed by atoms with Gasteiger partial charge < -0.3 is 9.47 Å². The predicted molar refractivity (Wildman–Crippen MR) is 115 cm³/mol. The first-order valence-corrected chi connectivity index (χ1v) is 10.8. The van der Waals surface area contributed by atoms with Crippen LogP contribution in [0.4, 0.5) is 0 Å². The van der Waals surface area contributed by atoms with Gasteiger partial charge >= 0.3 is 0 Å². The summed E-state index contributed by atoms with van der Waals surface area (Å²) in [5.41, 5.74) is 1.44. The Kier molecular flexibility index (Phi) is 6.90. The molecule has 0 atom stereocenters. The smallest absolute Gasteiger partial charge is 0.282 e. The van der Waals surface area contributed by atoms with E-state index in [0.29, 0.717) is 28.7 Å². The number of halogens is 1. The van der Waals surface area contributed by atoms with E-state index in [1.54, 1.807) is 42.5 Å². The predicted octanol–water partition coefficient (Wildman–Crippen LogP) is 5.13. The van der Waals surface area contributed by atoms with Gasteiger partial charge in [-0.15, -0.1) is 0 Å². The molecule has 3 rings (SSSR count). The molecule has 0 radical (unpaired) electrons. The molecule has 0 heterocycles. The number of hydrogen-bond acceptors (Lipinski definition) is 4. The van der Waals surface area contributed by atoms with Crippen LogP contribution in [0.2, 0.25) is 5.02 Å².